The Morgan fingerprint density at radius 3 is 2.71 bits per heavy atom. The highest BCUT2D eigenvalue weighted by Gasteiger charge is 2.40. The van der Waals surface area contributed by atoms with Gasteiger partial charge >= 0.3 is 5.97 Å². The predicted octanol–water partition coefficient (Wildman–Crippen LogP) is 1.09. The van der Waals surface area contributed by atoms with Crippen LogP contribution in [-0.4, -0.2) is 36.9 Å². The summed E-state index contributed by atoms with van der Waals surface area (Å²) in [7, 11) is -3.51. The van der Waals surface area contributed by atoms with Gasteiger partial charge in [0, 0.05) is 13.1 Å². The average molecular weight is 275 g/mol. The lowest BCUT2D eigenvalue weighted by Gasteiger charge is -2.14. The molecule has 2 atom stereocenters. The van der Waals surface area contributed by atoms with E-state index in [1.54, 1.807) is 24.4 Å². The second-order valence-corrected chi connectivity index (χ2v) is 7.29. The number of carboxylic acids is 1. The van der Waals surface area contributed by atoms with Crippen molar-refractivity contribution in [2.24, 2.45) is 11.8 Å². The van der Waals surface area contributed by atoms with E-state index in [4.69, 9.17) is 5.11 Å². The van der Waals surface area contributed by atoms with E-state index in [-0.39, 0.29) is 23.2 Å². The molecular formula is C10H13NO4S2. The van der Waals surface area contributed by atoms with Gasteiger partial charge in [-0.1, -0.05) is 13.0 Å². The molecule has 1 N–H and O–H groups in total. The fourth-order valence-corrected chi connectivity index (χ4v) is 4.69. The number of carboxylic acid groups (broad SMARTS) is 1. The summed E-state index contributed by atoms with van der Waals surface area (Å²) in [6, 6.07) is 3.21. The third-order valence-corrected chi connectivity index (χ3v) is 6.19. The molecule has 1 aromatic rings. The van der Waals surface area contributed by atoms with Gasteiger partial charge in [0.1, 0.15) is 4.21 Å². The maximum Gasteiger partial charge on any atom is 0.308 e. The van der Waals surface area contributed by atoms with Crippen LogP contribution in [0.25, 0.3) is 0 Å². The van der Waals surface area contributed by atoms with E-state index in [1.807, 2.05) is 0 Å². The first-order valence-electron chi connectivity index (χ1n) is 5.19. The molecule has 0 spiro atoms. The largest absolute Gasteiger partial charge is 0.481 e. The highest BCUT2D eigenvalue weighted by Crippen LogP contribution is 2.30. The van der Waals surface area contributed by atoms with Crippen molar-refractivity contribution in [2.45, 2.75) is 11.1 Å². The maximum absolute atomic E-state index is 12.2. The second kappa shape index (κ2) is 4.40. The molecule has 0 saturated carbocycles. The minimum Gasteiger partial charge on any atom is -0.481 e. The summed E-state index contributed by atoms with van der Waals surface area (Å²) in [4.78, 5) is 11.0. The van der Waals surface area contributed by atoms with Crippen LogP contribution in [0.2, 0.25) is 0 Å². The predicted molar refractivity (Wildman–Crippen MR) is 63.4 cm³/mol. The van der Waals surface area contributed by atoms with Crippen LogP contribution in [0.3, 0.4) is 0 Å². The zero-order chi connectivity index (χ0) is 12.6. The summed E-state index contributed by atoms with van der Waals surface area (Å²) in [5.41, 5.74) is 0. The van der Waals surface area contributed by atoms with Gasteiger partial charge in [0.15, 0.2) is 0 Å². The molecule has 1 aliphatic heterocycles. The number of aliphatic carboxylic acids is 1. The number of hydrogen-bond donors (Lipinski definition) is 1. The Kier molecular flexibility index (Phi) is 3.24. The minimum atomic E-state index is -3.51. The van der Waals surface area contributed by atoms with Crippen molar-refractivity contribution in [3.05, 3.63) is 17.5 Å². The first-order valence-corrected chi connectivity index (χ1v) is 7.51. The molecule has 2 rings (SSSR count). The summed E-state index contributed by atoms with van der Waals surface area (Å²) < 4.78 is 25.8. The first-order chi connectivity index (χ1) is 7.93. The van der Waals surface area contributed by atoms with Gasteiger partial charge in [-0.3, -0.25) is 4.79 Å². The molecule has 7 heteroatoms. The SMILES string of the molecule is CC1CN(S(=O)(=O)c2cccs2)CC1C(=O)O. The minimum absolute atomic E-state index is 0.0662. The lowest BCUT2D eigenvalue weighted by Crippen LogP contribution is -2.29. The van der Waals surface area contributed by atoms with Gasteiger partial charge in [0.2, 0.25) is 0 Å². The van der Waals surface area contributed by atoms with E-state index in [0.717, 1.165) is 11.3 Å². The Morgan fingerprint density at radius 2 is 2.24 bits per heavy atom. The quantitative estimate of drug-likeness (QED) is 0.896. The molecule has 1 saturated heterocycles. The molecule has 94 valence electrons. The summed E-state index contributed by atoms with van der Waals surface area (Å²) in [5.74, 6) is -1.69. The molecular weight excluding hydrogens is 262 g/mol. The standard InChI is InChI=1S/C10H13NO4S2/c1-7-5-11(6-8(7)10(12)13)17(14,15)9-3-2-4-16-9/h2-4,7-8H,5-6H2,1H3,(H,12,13). The van der Waals surface area contributed by atoms with Crippen LogP contribution in [0.1, 0.15) is 6.92 Å². The Balaban J connectivity index is 2.24. The van der Waals surface area contributed by atoms with E-state index in [9.17, 15) is 13.2 Å². The summed E-state index contributed by atoms with van der Waals surface area (Å²) in [6.07, 6.45) is 0. The lowest BCUT2D eigenvalue weighted by atomic mass is 9.99. The van der Waals surface area contributed by atoms with Crippen molar-refractivity contribution >= 4 is 27.3 Å². The van der Waals surface area contributed by atoms with E-state index in [2.05, 4.69) is 0 Å². The van der Waals surface area contributed by atoms with Crippen LogP contribution in [0.15, 0.2) is 21.7 Å². The molecule has 2 heterocycles. The average Bonchev–Trinajstić information content (AvgIpc) is 2.84. The number of nitrogens with zero attached hydrogens (tertiary/aromatic N) is 1. The fourth-order valence-electron chi connectivity index (χ4n) is 1.98. The highest BCUT2D eigenvalue weighted by molar-refractivity contribution is 7.91. The highest BCUT2D eigenvalue weighted by atomic mass is 32.2. The zero-order valence-electron chi connectivity index (χ0n) is 9.24. The van der Waals surface area contributed by atoms with Crippen molar-refractivity contribution in [3.8, 4) is 0 Å². The van der Waals surface area contributed by atoms with Crippen LogP contribution in [0.5, 0.6) is 0 Å². The topological polar surface area (TPSA) is 74.7 Å². The fraction of sp³-hybridized carbons (Fsp3) is 0.500. The van der Waals surface area contributed by atoms with Crippen molar-refractivity contribution in [2.75, 3.05) is 13.1 Å². The smallest absolute Gasteiger partial charge is 0.308 e. The summed E-state index contributed by atoms with van der Waals surface area (Å²) in [5, 5.41) is 10.7. The van der Waals surface area contributed by atoms with E-state index >= 15 is 0 Å². The molecule has 2 unspecified atom stereocenters. The van der Waals surface area contributed by atoms with Crippen molar-refractivity contribution in [3.63, 3.8) is 0 Å². The zero-order valence-corrected chi connectivity index (χ0v) is 10.9. The van der Waals surface area contributed by atoms with Gasteiger partial charge in [-0.25, -0.2) is 8.42 Å². The molecule has 0 bridgehead atoms. The third-order valence-electron chi connectivity index (χ3n) is 2.99. The lowest BCUT2D eigenvalue weighted by molar-refractivity contribution is -0.142. The van der Waals surface area contributed by atoms with Crippen molar-refractivity contribution in [1.82, 2.24) is 4.31 Å². The summed E-state index contributed by atoms with van der Waals surface area (Å²) >= 11 is 1.15. The number of thiophene rings is 1. The van der Waals surface area contributed by atoms with Gasteiger partial charge < -0.3 is 5.11 Å². The number of sulfonamides is 1. The Morgan fingerprint density at radius 1 is 1.53 bits per heavy atom. The molecule has 1 fully saturated rings. The second-order valence-electron chi connectivity index (χ2n) is 4.18. The van der Waals surface area contributed by atoms with Gasteiger partial charge in [0.25, 0.3) is 10.0 Å². The Hall–Kier alpha value is -0.920. The van der Waals surface area contributed by atoms with Crippen LogP contribution >= 0.6 is 11.3 Å². The number of carbonyl (C=O) groups is 1. The molecule has 0 aliphatic carbocycles. The Bertz CT molecular complexity index is 508. The van der Waals surface area contributed by atoms with Crippen LogP contribution in [0, 0.1) is 11.8 Å². The first kappa shape index (κ1) is 12.5. The van der Waals surface area contributed by atoms with Crippen LogP contribution in [0.4, 0.5) is 0 Å². The van der Waals surface area contributed by atoms with Gasteiger partial charge in [0.05, 0.1) is 5.92 Å². The normalized spacial score (nSPS) is 26.2. The molecule has 1 aromatic heterocycles. The summed E-state index contributed by atoms with van der Waals surface area (Å²) in [6.45, 7) is 2.11. The third kappa shape index (κ3) is 2.22. The number of rotatable bonds is 3. The molecule has 1 aliphatic rings. The molecule has 5 nitrogen and oxygen atoms in total. The van der Waals surface area contributed by atoms with E-state index < -0.39 is 21.9 Å². The van der Waals surface area contributed by atoms with Crippen molar-refractivity contribution < 1.29 is 18.3 Å². The molecule has 0 radical (unpaired) electrons. The van der Waals surface area contributed by atoms with E-state index in [1.165, 1.54) is 4.31 Å². The van der Waals surface area contributed by atoms with E-state index in [0.29, 0.717) is 0 Å². The number of hydrogen-bond acceptors (Lipinski definition) is 4. The molecule has 17 heavy (non-hydrogen) atoms. The van der Waals surface area contributed by atoms with Crippen molar-refractivity contribution in [1.29, 1.82) is 0 Å². The molecule has 0 aromatic carbocycles. The maximum atomic E-state index is 12.2. The van der Waals surface area contributed by atoms with Gasteiger partial charge in [-0.05, 0) is 17.4 Å². The van der Waals surface area contributed by atoms with Crippen LogP contribution < -0.4 is 0 Å². The van der Waals surface area contributed by atoms with Gasteiger partial charge in [-0.2, -0.15) is 4.31 Å². The molecule has 0 amide bonds. The van der Waals surface area contributed by atoms with Crippen LogP contribution in [-0.2, 0) is 14.8 Å². The Labute approximate surface area is 104 Å². The monoisotopic (exact) mass is 275 g/mol. The van der Waals surface area contributed by atoms with Gasteiger partial charge in [-0.15, -0.1) is 11.3 Å².